The largest absolute Gasteiger partial charge is 0.456 e. The zero-order valence-electron chi connectivity index (χ0n) is 9.19. The highest BCUT2D eigenvalue weighted by molar-refractivity contribution is 6.30. The minimum atomic E-state index is -0.406. The summed E-state index contributed by atoms with van der Waals surface area (Å²) in [6.07, 6.45) is 3.38. The number of esters is 1. The second kappa shape index (κ2) is 6.79. The molecule has 1 aromatic rings. The highest BCUT2D eigenvalue weighted by atomic mass is 35.5. The number of carbonyl (C=O) groups is 1. The zero-order valence-corrected chi connectivity index (χ0v) is 10.8. The molecule has 0 radical (unpaired) electrons. The Morgan fingerprint density at radius 3 is 3.06 bits per heavy atom. The van der Waals surface area contributed by atoms with Crippen LogP contribution in [0, 0.1) is 0 Å². The van der Waals surface area contributed by atoms with E-state index >= 15 is 0 Å². The third-order valence-electron chi connectivity index (χ3n) is 2.46. The maximum absolute atomic E-state index is 11.7. The predicted molar refractivity (Wildman–Crippen MR) is 67.8 cm³/mol. The molecule has 0 spiro atoms. The van der Waals surface area contributed by atoms with E-state index in [2.05, 4.69) is 10.3 Å². The van der Waals surface area contributed by atoms with Crippen molar-refractivity contribution >= 4 is 30.0 Å². The number of hydrogen-bond donors (Lipinski definition) is 1. The number of hydrogen-bond acceptors (Lipinski definition) is 4. The fraction of sp³-hybridized carbons (Fsp3) is 0.455. The molecule has 2 heterocycles. The number of nitrogens with zero attached hydrogens (tertiary/aromatic N) is 1. The van der Waals surface area contributed by atoms with Gasteiger partial charge in [-0.1, -0.05) is 11.6 Å². The quantitative estimate of drug-likeness (QED) is 0.841. The molecule has 94 valence electrons. The van der Waals surface area contributed by atoms with Gasteiger partial charge in [0.25, 0.3) is 0 Å². The standard InChI is InChI=1S/C11H13ClN2O2.ClH/c12-8-3-5-14-10(6-8)11(15)16-9-2-1-4-13-7-9;/h3,5-6,9,13H,1-2,4,7H2;1H. The van der Waals surface area contributed by atoms with Gasteiger partial charge in [0.15, 0.2) is 0 Å². The summed E-state index contributed by atoms with van der Waals surface area (Å²) in [6, 6.07) is 3.14. The van der Waals surface area contributed by atoms with Crippen LogP contribution in [0.2, 0.25) is 5.02 Å². The Morgan fingerprint density at radius 2 is 2.41 bits per heavy atom. The molecule has 1 aliphatic rings. The molecule has 1 atom stereocenters. The molecule has 6 heteroatoms. The molecule has 17 heavy (non-hydrogen) atoms. The van der Waals surface area contributed by atoms with Crippen LogP contribution in [0.25, 0.3) is 0 Å². The molecule has 1 fully saturated rings. The first-order valence-electron chi connectivity index (χ1n) is 5.29. The highest BCUT2D eigenvalue weighted by Gasteiger charge is 2.19. The van der Waals surface area contributed by atoms with Crippen molar-refractivity contribution in [2.24, 2.45) is 0 Å². The van der Waals surface area contributed by atoms with E-state index in [0.29, 0.717) is 11.6 Å². The number of aromatic nitrogens is 1. The number of piperidine rings is 1. The molecule has 0 amide bonds. The fourth-order valence-corrected chi connectivity index (χ4v) is 1.81. The normalized spacial score (nSPS) is 19.2. The van der Waals surface area contributed by atoms with Gasteiger partial charge >= 0.3 is 5.97 Å². The zero-order chi connectivity index (χ0) is 11.4. The second-order valence-electron chi connectivity index (χ2n) is 3.73. The van der Waals surface area contributed by atoms with E-state index < -0.39 is 5.97 Å². The third-order valence-corrected chi connectivity index (χ3v) is 2.69. The fourth-order valence-electron chi connectivity index (χ4n) is 1.65. The molecule has 0 aromatic carbocycles. The summed E-state index contributed by atoms with van der Waals surface area (Å²) in [5, 5.41) is 3.67. The average Bonchev–Trinajstić information content (AvgIpc) is 2.30. The first-order valence-corrected chi connectivity index (χ1v) is 5.67. The third kappa shape index (κ3) is 4.15. The molecule has 0 bridgehead atoms. The van der Waals surface area contributed by atoms with Gasteiger partial charge in [-0.05, 0) is 31.5 Å². The Balaban J connectivity index is 0.00000144. The van der Waals surface area contributed by atoms with Crippen LogP contribution in [0.5, 0.6) is 0 Å². The van der Waals surface area contributed by atoms with Gasteiger partial charge in [0.2, 0.25) is 0 Å². The lowest BCUT2D eigenvalue weighted by atomic mass is 10.1. The van der Waals surface area contributed by atoms with Gasteiger partial charge in [-0.25, -0.2) is 9.78 Å². The molecular formula is C11H14Cl2N2O2. The number of pyridine rings is 1. The van der Waals surface area contributed by atoms with Crippen LogP contribution in [0.3, 0.4) is 0 Å². The number of halogens is 2. The van der Waals surface area contributed by atoms with Crippen LogP contribution < -0.4 is 5.32 Å². The summed E-state index contributed by atoms with van der Waals surface area (Å²) in [7, 11) is 0. The second-order valence-corrected chi connectivity index (χ2v) is 4.17. The molecular weight excluding hydrogens is 263 g/mol. The summed E-state index contributed by atoms with van der Waals surface area (Å²) >= 11 is 5.77. The maximum Gasteiger partial charge on any atom is 0.357 e. The summed E-state index contributed by atoms with van der Waals surface area (Å²) in [5.74, 6) is -0.406. The van der Waals surface area contributed by atoms with E-state index in [1.54, 1.807) is 6.07 Å². The van der Waals surface area contributed by atoms with E-state index in [0.717, 1.165) is 19.4 Å². The van der Waals surface area contributed by atoms with Gasteiger partial charge in [0, 0.05) is 17.8 Å². The molecule has 1 aliphatic heterocycles. The van der Waals surface area contributed by atoms with Crippen LogP contribution in [-0.4, -0.2) is 30.1 Å². The average molecular weight is 277 g/mol. The van der Waals surface area contributed by atoms with Gasteiger partial charge in [-0.3, -0.25) is 0 Å². The van der Waals surface area contributed by atoms with Gasteiger partial charge in [-0.15, -0.1) is 12.4 Å². The first-order chi connectivity index (χ1) is 7.75. The molecule has 0 saturated carbocycles. The van der Waals surface area contributed by atoms with Crippen molar-refractivity contribution in [3.63, 3.8) is 0 Å². The minimum absolute atomic E-state index is 0. The first kappa shape index (κ1) is 14.2. The van der Waals surface area contributed by atoms with Gasteiger partial charge in [0.1, 0.15) is 11.8 Å². The van der Waals surface area contributed by atoms with Crippen molar-refractivity contribution in [2.75, 3.05) is 13.1 Å². The number of ether oxygens (including phenoxy) is 1. The summed E-state index contributed by atoms with van der Waals surface area (Å²) in [6.45, 7) is 1.70. The van der Waals surface area contributed by atoms with E-state index in [4.69, 9.17) is 16.3 Å². The highest BCUT2D eigenvalue weighted by Crippen LogP contribution is 2.12. The maximum atomic E-state index is 11.7. The predicted octanol–water partition coefficient (Wildman–Crippen LogP) is 2.07. The SMILES string of the molecule is Cl.O=C(OC1CCCNC1)c1cc(Cl)ccn1. The number of nitrogens with one attached hydrogen (secondary N) is 1. The molecule has 1 aromatic heterocycles. The summed E-state index contributed by atoms with van der Waals surface area (Å²) < 4.78 is 5.31. The topological polar surface area (TPSA) is 51.2 Å². The summed E-state index contributed by atoms with van der Waals surface area (Å²) in [4.78, 5) is 15.6. The monoisotopic (exact) mass is 276 g/mol. The van der Waals surface area contributed by atoms with Gasteiger partial charge in [0.05, 0.1) is 0 Å². The van der Waals surface area contributed by atoms with E-state index in [1.807, 2.05) is 0 Å². The number of carbonyl (C=O) groups excluding carboxylic acids is 1. The lowest BCUT2D eigenvalue weighted by Crippen LogP contribution is -2.36. The summed E-state index contributed by atoms with van der Waals surface area (Å²) in [5.41, 5.74) is 0.262. The Labute approximate surface area is 111 Å². The van der Waals surface area contributed by atoms with E-state index in [-0.39, 0.29) is 24.2 Å². The van der Waals surface area contributed by atoms with Gasteiger partial charge in [-0.2, -0.15) is 0 Å². The lowest BCUT2D eigenvalue weighted by molar-refractivity contribution is 0.0239. The Hall–Kier alpha value is -0.840. The Kier molecular flexibility index (Phi) is 5.68. The van der Waals surface area contributed by atoms with Crippen molar-refractivity contribution in [1.29, 1.82) is 0 Å². The molecule has 1 N–H and O–H groups in total. The van der Waals surface area contributed by atoms with Crippen LogP contribution in [0.15, 0.2) is 18.3 Å². The van der Waals surface area contributed by atoms with Crippen LogP contribution in [0.4, 0.5) is 0 Å². The molecule has 1 unspecified atom stereocenters. The van der Waals surface area contributed by atoms with Crippen molar-refractivity contribution in [3.8, 4) is 0 Å². The van der Waals surface area contributed by atoms with E-state index in [9.17, 15) is 4.79 Å². The van der Waals surface area contributed by atoms with Crippen molar-refractivity contribution in [1.82, 2.24) is 10.3 Å². The smallest absolute Gasteiger partial charge is 0.357 e. The minimum Gasteiger partial charge on any atom is -0.456 e. The van der Waals surface area contributed by atoms with Crippen molar-refractivity contribution in [2.45, 2.75) is 18.9 Å². The Morgan fingerprint density at radius 1 is 1.59 bits per heavy atom. The van der Waals surface area contributed by atoms with Crippen LogP contribution in [-0.2, 0) is 4.74 Å². The van der Waals surface area contributed by atoms with Crippen molar-refractivity contribution in [3.05, 3.63) is 29.0 Å². The molecule has 1 saturated heterocycles. The lowest BCUT2D eigenvalue weighted by Gasteiger charge is -2.22. The van der Waals surface area contributed by atoms with Gasteiger partial charge < -0.3 is 10.1 Å². The van der Waals surface area contributed by atoms with Crippen molar-refractivity contribution < 1.29 is 9.53 Å². The molecule has 4 nitrogen and oxygen atoms in total. The molecule has 2 rings (SSSR count). The van der Waals surface area contributed by atoms with Crippen LogP contribution >= 0.6 is 24.0 Å². The Bertz CT molecular complexity index is 381. The molecule has 0 aliphatic carbocycles. The van der Waals surface area contributed by atoms with E-state index in [1.165, 1.54) is 12.3 Å². The van der Waals surface area contributed by atoms with Crippen LogP contribution in [0.1, 0.15) is 23.3 Å². The number of rotatable bonds is 2.